The minimum Gasteiger partial charge on any atom is -0.487 e. The minimum absolute atomic E-state index is 0.0768. The van der Waals surface area contributed by atoms with E-state index >= 15 is 0 Å². The molecule has 1 aromatic heterocycles. The molecule has 0 saturated carbocycles. The van der Waals surface area contributed by atoms with Crippen molar-refractivity contribution in [1.29, 1.82) is 0 Å². The highest BCUT2D eigenvalue weighted by atomic mass is 32.1. The van der Waals surface area contributed by atoms with Crippen molar-refractivity contribution in [3.8, 4) is 5.75 Å². The average Bonchev–Trinajstić information content (AvgIpc) is 3.22. The Bertz CT molecular complexity index is 1140. The Hall–Kier alpha value is -3.26. The van der Waals surface area contributed by atoms with E-state index in [2.05, 4.69) is 4.98 Å². The van der Waals surface area contributed by atoms with E-state index in [4.69, 9.17) is 4.74 Å². The molecule has 6 nitrogen and oxygen atoms in total. The maximum atomic E-state index is 14.5. The molecular formula is C24H24FN3O3S. The Morgan fingerprint density at radius 3 is 2.53 bits per heavy atom. The summed E-state index contributed by atoms with van der Waals surface area (Å²) < 4.78 is 20.3. The second-order valence-electron chi connectivity index (χ2n) is 7.68. The summed E-state index contributed by atoms with van der Waals surface area (Å²) in [5.41, 5.74) is 2.23. The zero-order valence-electron chi connectivity index (χ0n) is 18.0. The van der Waals surface area contributed by atoms with E-state index in [1.165, 1.54) is 13.0 Å². The highest BCUT2D eigenvalue weighted by molar-refractivity contribution is 7.09. The predicted octanol–water partition coefficient (Wildman–Crippen LogP) is 4.33. The summed E-state index contributed by atoms with van der Waals surface area (Å²) in [6, 6.07) is 11.7. The molecule has 1 aliphatic rings. The maximum absolute atomic E-state index is 14.5. The fourth-order valence-corrected chi connectivity index (χ4v) is 4.26. The molecule has 0 unspecified atom stereocenters. The van der Waals surface area contributed by atoms with Gasteiger partial charge in [-0.2, -0.15) is 0 Å². The molecular weight excluding hydrogens is 429 g/mol. The number of amides is 1. The standard InChI is InChI=1S/C24H24FN3O3S/c1-16(29)18-6-7-23(22(25)13-18)27-8-10-28(11-9-27)24(30)19-4-3-5-21(12-19)31-14-20-15-32-17(2)26-20/h3-7,12-13,15H,8-11,14H2,1-2H3. The van der Waals surface area contributed by atoms with Crippen LogP contribution in [0.25, 0.3) is 0 Å². The molecule has 0 spiro atoms. The number of ether oxygens (including phenoxy) is 1. The molecule has 1 saturated heterocycles. The summed E-state index contributed by atoms with van der Waals surface area (Å²) >= 11 is 1.57. The number of anilines is 1. The summed E-state index contributed by atoms with van der Waals surface area (Å²) in [6.45, 7) is 5.71. The number of piperazine rings is 1. The normalized spacial score (nSPS) is 13.8. The molecule has 3 aromatic rings. The monoisotopic (exact) mass is 453 g/mol. The van der Waals surface area contributed by atoms with Crippen molar-refractivity contribution in [1.82, 2.24) is 9.88 Å². The van der Waals surface area contributed by atoms with Crippen molar-refractivity contribution in [2.45, 2.75) is 20.5 Å². The predicted molar refractivity (Wildman–Crippen MR) is 122 cm³/mol. The van der Waals surface area contributed by atoms with Crippen LogP contribution < -0.4 is 9.64 Å². The van der Waals surface area contributed by atoms with Crippen molar-refractivity contribution < 1.29 is 18.7 Å². The molecule has 0 bridgehead atoms. The third-order valence-electron chi connectivity index (χ3n) is 5.40. The van der Waals surface area contributed by atoms with Crippen LogP contribution in [0, 0.1) is 12.7 Å². The summed E-state index contributed by atoms with van der Waals surface area (Å²) in [7, 11) is 0. The largest absolute Gasteiger partial charge is 0.487 e. The summed E-state index contributed by atoms with van der Waals surface area (Å²) in [4.78, 5) is 32.5. The zero-order valence-corrected chi connectivity index (χ0v) is 18.8. The topological polar surface area (TPSA) is 62.7 Å². The van der Waals surface area contributed by atoms with Crippen LogP contribution in [-0.2, 0) is 6.61 Å². The van der Waals surface area contributed by atoms with Gasteiger partial charge in [0, 0.05) is 42.7 Å². The second-order valence-corrected chi connectivity index (χ2v) is 8.74. The van der Waals surface area contributed by atoms with Crippen LogP contribution in [0.2, 0.25) is 0 Å². The number of aromatic nitrogens is 1. The molecule has 1 fully saturated rings. The number of aryl methyl sites for hydroxylation is 1. The van der Waals surface area contributed by atoms with Crippen LogP contribution in [0.1, 0.15) is 38.3 Å². The van der Waals surface area contributed by atoms with Gasteiger partial charge in [0.1, 0.15) is 18.2 Å². The lowest BCUT2D eigenvalue weighted by atomic mass is 10.1. The highest BCUT2D eigenvalue weighted by Crippen LogP contribution is 2.23. The van der Waals surface area contributed by atoms with E-state index < -0.39 is 5.82 Å². The minimum atomic E-state index is -0.419. The van der Waals surface area contributed by atoms with Gasteiger partial charge in [0.15, 0.2) is 5.78 Å². The van der Waals surface area contributed by atoms with Crippen molar-refractivity contribution in [2.75, 3.05) is 31.1 Å². The van der Waals surface area contributed by atoms with Crippen LogP contribution >= 0.6 is 11.3 Å². The second kappa shape index (κ2) is 9.48. The van der Waals surface area contributed by atoms with Gasteiger partial charge in [0.05, 0.1) is 16.4 Å². The number of Topliss-reactive ketones (excluding diaryl/α,β-unsaturated/α-hetero) is 1. The van der Waals surface area contributed by atoms with Crippen LogP contribution in [0.3, 0.4) is 0 Å². The van der Waals surface area contributed by atoms with Crippen molar-refractivity contribution in [3.63, 3.8) is 0 Å². The molecule has 166 valence electrons. The summed E-state index contributed by atoms with van der Waals surface area (Å²) in [5.74, 6) is -0.0452. The van der Waals surface area contributed by atoms with Crippen molar-refractivity contribution >= 4 is 28.7 Å². The Labute approximate surface area is 190 Å². The molecule has 2 heterocycles. The molecule has 32 heavy (non-hydrogen) atoms. The lowest BCUT2D eigenvalue weighted by molar-refractivity contribution is 0.0746. The van der Waals surface area contributed by atoms with Gasteiger partial charge in [-0.05, 0) is 50.2 Å². The van der Waals surface area contributed by atoms with Gasteiger partial charge < -0.3 is 14.5 Å². The fraction of sp³-hybridized carbons (Fsp3) is 0.292. The molecule has 0 atom stereocenters. The van der Waals surface area contributed by atoms with Gasteiger partial charge in [-0.25, -0.2) is 9.37 Å². The molecule has 1 aliphatic heterocycles. The van der Waals surface area contributed by atoms with Gasteiger partial charge in [-0.15, -0.1) is 11.3 Å². The van der Waals surface area contributed by atoms with Crippen LogP contribution in [0.5, 0.6) is 5.75 Å². The van der Waals surface area contributed by atoms with Gasteiger partial charge >= 0.3 is 0 Å². The number of benzene rings is 2. The van der Waals surface area contributed by atoms with Gasteiger partial charge in [-0.3, -0.25) is 9.59 Å². The SMILES string of the molecule is CC(=O)c1ccc(N2CCN(C(=O)c3cccc(OCc4csc(C)n4)c3)CC2)c(F)c1. The molecule has 1 amide bonds. The van der Waals surface area contributed by atoms with Crippen LogP contribution in [-0.4, -0.2) is 47.8 Å². The van der Waals surface area contributed by atoms with Crippen LogP contribution in [0.4, 0.5) is 10.1 Å². The number of carbonyl (C=O) groups is 2. The molecule has 0 aliphatic carbocycles. The first-order valence-electron chi connectivity index (χ1n) is 10.4. The number of carbonyl (C=O) groups excluding carboxylic acids is 2. The molecule has 0 radical (unpaired) electrons. The lowest BCUT2D eigenvalue weighted by Gasteiger charge is -2.36. The van der Waals surface area contributed by atoms with E-state index in [9.17, 15) is 14.0 Å². The number of hydrogen-bond acceptors (Lipinski definition) is 6. The summed E-state index contributed by atoms with van der Waals surface area (Å²) in [5, 5.41) is 2.95. The van der Waals surface area contributed by atoms with Gasteiger partial charge in [0.25, 0.3) is 5.91 Å². The van der Waals surface area contributed by atoms with Crippen molar-refractivity contribution in [3.05, 3.63) is 75.5 Å². The third kappa shape index (κ3) is 4.96. The Kier molecular flexibility index (Phi) is 6.50. The Balaban J connectivity index is 1.36. The van der Waals surface area contributed by atoms with E-state index in [1.807, 2.05) is 23.3 Å². The van der Waals surface area contributed by atoms with Gasteiger partial charge in [0.2, 0.25) is 0 Å². The van der Waals surface area contributed by atoms with E-state index in [0.717, 1.165) is 10.7 Å². The zero-order chi connectivity index (χ0) is 22.7. The van der Waals surface area contributed by atoms with E-state index in [-0.39, 0.29) is 11.7 Å². The third-order valence-corrected chi connectivity index (χ3v) is 6.22. The number of halogens is 1. The first kappa shape index (κ1) is 22.0. The number of thiazole rings is 1. The van der Waals surface area contributed by atoms with Gasteiger partial charge in [-0.1, -0.05) is 6.07 Å². The Morgan fingerprint density at radius 2 is 1.88 bits per heavy atom. The van der Waals surface area contributed by atoms with Crippen molar-refractivity contribution in [2.24, 2.45) is 0 Å². The first-order valence-corrected chi connectivity index (χ1v) is 11.3. The molecule has 0 N–H and O–H groups in total. The number of nitrogens with zero attached hydrogens (tertiary/aromatic N) is 3. The fourth-order valence-electron chi connectivity index (χ4n) is 3.67. The molecule has 4 rings (SSSR count). The summed E-state index contributed by atoms with van der Waals surface area (Å²) in [6.07, 6.45) is 0. The highest BCUT2D eigenvalue weighted by Gasteiger charge is 2.24. The number of hydrogen-bond donors (Lipinski definition) is 0. The average molecular weight is 454 g/mol. The first-order chi connectivity index (χ1) is 15.4. The lowest BCUT2D eigenvalue weighted by Crippen LogP contribution is -2.49. The quantitative estimate of drug-likeness (QED) is 0.520. The van der Waals surface area contributed by atoms with E-state index in [1.54, 1.807) is 46.6 Å². The number of rotatable bonds is 6. The maximum Gasteiger partial charge on any atom is 0.254 e. The Morgan fingerprint density at radius 1 is 1.09 bits per heavy atom. The molecule has 2 aromatic carbocycles. The van der Waals surface area contributed by atoms with Crippen LogP contribution in [0.15, 0.2) is 47.8 Å². The molecule has 8 heteroatoms. The number of ketones is 1. The van der Waals surface area contributed by atoms with E-state index in [0.29, 0.717) is 55.3 Å². The smallest absolute Gasteiger partial charge is 0.254 e.